The van der Waals surface area contributed by atoms with Crippen molar-refractivity contribution >= 4 is 41.1 Å². The average Bonchev–Trinajstić information content (AvgIpc) is 3.84. The number of nitrogens with zero attached hydrogens (tertiary/aromatic N) is 6. The molecule has 3 amide bonds. The van der Waals surface area contributed by atoms with Crippen molar-refractivity contribution in [2.24, 2.45) is 0 Å². The van der Waals surface area contributed by atoms with Crippen molar-refractivity contribution < 1.29 is 19.8 Å². The number of carbonyl (C=O) groups excluding carboxylic acids is 2. The van der Waals surface area contributed by atoms with Crippen molar-refractivity contribution in [2.75, 3.05) is 35.2 Å². The van der Waals surface area contributed by atoms with E-state index >= 15 is 0 Å². The molecule has 1 saturated heterocycles. The van der Waals surface area contributed by atoms with Gasteiger partial charge < -0.3 is 40.9 Å². The lowest BCUT2D eigenvalue weighted by Gasteiger charge is -2.22. The summed E-state index contributed by atoms with van der Waals surface area (Å²) in [4.78, 5) is 44.5. The number of anilines is 3. The van der Waals surface area contributed by atoms with Crippen molar-refractivity contribution in [1.29, 1.82) is 0 Å². The molecule has 2 fully saturated rings. The Morgan fingerprint density at radius 2 is 1.73 bits per heavy atom. The first kappa shape index (κ1) is 32.0. The molecule has 0 unspecified atom stereocenters. The van der Waals surface area contributed by atoms with E-state index in [1.165, 1.54) is 0 Å². The Bertz CT molecular complexity index is 1840. The molecule has 49 heavy (non-hydrogen) atoms. The maximum atomic E-state index is 12.7. The largest absolute Gasteiger partial charge is 0.388 e. The van der Waals surface area contributed by atoms with E-state index in [1.807, 2.05) is 41.3 Å². The molecule has 2 aromatic carbocycles. The van der Waals surface area contributed by atoms with Gasteiger partial charge >= 0.3 is 6.03 Å². The topological polar surface area (TPSA) is 182 Å². The van der Waals surface area contributed by atoms with Crippen LogP contribution in [0.5, 0.6) is 0 Å². The van der Waals surface area contributed by atoms with Gasteiger partial charge in [0.2, 0.25) is 12.4 Å². The fourth-order valence-electron chi connectivity index (χ4n) is 6.80. The number of benzene rings is 2. The predicted octanol–water partition coefficient (Wildman–Crippen LogP) is 2.65. The number of amides is 3. The van der Waals surface area contributed by atoms with Crippen molar-refractivity contribution in [1.82, 2.24) is 35.1 Å². The van der Waals surface area contributed by atoms with E-state index in [0.29, 0.717) is 67.5 Å². The monoisotopic (exact) mass is 662 g/mol. The molecule has 2 aliphatic rings. The standard InChI is InChI=1S/C35H38N10O4/c46-21-39-27-16-28(31(48)30(27)47)45-20-38-29-32(37-18-26(22-8-3-1-4-9-22)23-10-5-2-6-11-23)42-34(43-33(29)45)44-15-13-25(19-44)41-35(49)40-24-12-7-14-36-17-24/h1-12,14,17,20-21,25-28,30-31,47-48H,13,15-16,18-19H2,(H,39,46)(H,37,42,43)(H2,40,41,49)/t25-,27+,28-,30-,31+/m1/s1. The Morgan fingerprint density at radius 1 is 0.980 bits per heavy atom. The third-order valence-corrected chi connectivity index (χ3v) is 9.30. The number of rotatable bonds is 11. The first-order valence-corrected chi connectivity index (χ1v) is 16.3. The SMILES string of the molecule is O=CN[C@H]1C[C@@H](n2cnc3c(NCC(c4ccccc4)c4ccccc4)nc(N4CC[C@@H](NC(=O)Nc5cccnc5)C4)nc32)[C@H](O)[C@@H]1O. The summed E-state index contributed by atoms with van der Waals surface area (Å²) in [6.07, 6.45) is 4.03. The van der Waals surface area contributed by atoms with Crippen LogP contribution in [0.2, 0.25) is 0 Å². The highest BCUT2D eigenvalue weighted by atomic mass is 16.3. The fraction of sp³-hybridized carbons (Fsp3) is 0.314. The molecule has 5 aromatic rings. The van der Waals surface area contributed by atoms with Gasteiger partial charge in [-0.05, 0) is 36.1 Å². The Hall–Kier alpha value is -5.60. The highest BCUT2D eigenvalue weighted by molar-refractivity contribution is 5.89. The molecule has 3 aromatic heterocycles. The second kappa shape index (κ2) is 14.3. The number of carbonyl (C=O) groups is 2. The maximum absolute atomic E-state index is 12.7. The van der Waals surface area contributed by atoms with Gasteiger partial charge in [0.1, 0.15) is 12.2 Å². The molecule has 252 valence electrons. The molecule has 14 heteroatoms. The van der Waals surface area contributed by atoms with Crippen molar-refractivity contribution in [3.8, 4) is 0 Å². The lowest BCUT2D eigenvalue weighted by atomic mass is 9.91. The van der Waals surface area contributed by atoms with Crippen molar-refractivity contribution in [3.05, 3.63) is 103 Å². The minimum Gasteiger partial charge on any atom is -0.388 e. The fourth-order valence-corrected chi connectivity index (χ4v) is 6.80. The van der Waals surface area contributed by atoms with E-state index in [1.54, 1.807) is 35.4 Å². The van der Waals surface area contributed by atoms with Crippen LogP contribution in [0.1, 0.15) is 35.9 Å². The van der Waals surface area contributed by atoms with Gasteiger partial charge in [0.15, 0.2) is 17.0 Å². The van der Waals surface area contributed by atoms with Crippen LogP contribution in [0, 0.1) is 0 Å². The maximum Gasteiger partial charge on any atom is 0.319 e. The zero-order valence-electron chi connectivity index (χ0n) is 26.6. The molecule has 6 N–H and O–H groups in total. The number of fused-ring (bicyclic) bond motifs is 1. The lowest BCUT2D eigenvalue weighted by molar-refractivity contribution is -0.111. The third-order valence-electron chi connectivity index (χ3n) is 9.30. The molecule has 1 aliphatic carbocycles. The number of hydrogen-bond acceptors (Lipinski definition) is 10. The van der Waals surface area contributed by atoms with E-state index in [4.69, 9.17) is 9.97 Å². The zero-order chi connectivity index (χ0) is 33.7. The summed E-state index contributed by atoms with van der Waals surface area (Å²) in [5.74, 6) is 0.982. The summed E-state index contributed by atoms with van der Waals surface area (Å²) in [6.45, 7) is 1.59. The van der Waals surface area contributed by atoms with Crippen LogP contribution in [-0.2, 0) is 4.79 Å². The van der Waals surface area contributed by atoms with Crippen LogP contribution in [0.3, 0.4) is 0 Å². The van der Waals surface area contributed by atoms with E-state index in [9.17, 15) is 19.8 Å². The lowest BCUT2D eigenvalue weighted by Crippen LogP contribution is -2.40. The van der Waals surface area contributed by atoms with Crippen molar-refractivity contribution in [3.63, 3.8) is 0 Å². The molecule has 4 heterocycles. The molecule has 5 atom stereocenters. The number of pyridine rings is 1. The molecule has 0 spiro atoms. The summed E-state index contributed by atoms with van der Waals surface area (Å²) in [5.41, 5.74) is 3.89. The summed E-state index contributed by atoms with van der Waals surface area (Å²) in [7, 11) is 0. The molecule has 0 radical (unpaired) electrons. The first-order valence-electron chi connectivity index (χ1n) is 16.3. The number of imidazole rings is 1. The van der Waals surface area contributed by atoms with E-state index in [0.717, 1.165) is 11.1 Å². The summed E-state index contributed by atoms with van der Waals surface area (Å²) >= 11 is 0. The second-order valence-electron chi connectivity index (χ2n) is 12.4. The molecule has 14 nitrogen and oxygen atoms in total. The second-order valence-corrected chi connectivity index (χ2v) is 12.4. The number of aliphatic hydroxyl groups excluding tert-OH is 2. The minimum absolute atomic E-state index is 0.0126. The van der Waals surface area contributed by atoms with Gasteiger partial charge in [-0.15, -0.1) is 0 Å². The van der Waals surface area contributed by atoms with Gasteiger partial charge in [-0.25, -0.2) is 9.78 Å². The van der Waals surface area contributed by atoms with Crippen LogP contribution in [0.25, 0.3) is 11.2 Å². The molecule has 7 rings (SSSR count). The van der Waals surface area contributed by atoms with E-state index < -0.39 is 24.3 Å². The minimum atomic E-state index is -1.15. The molecule has 1 aliphatic heterocycles. The molecular formula is C35H38N10O4. The predicted molar refractivity (Wildman–Crippen MR) is 184 cm³/mol. The number of nitrogens with one attached hydrogen (secondary N) is 4. The number of hydrogen-bond donors (Lipinski definition) is 6. The summed E-state index contributed by atoms with van der Waals surface area (Å²) < 4.78 is 1.76. The van der Waals surface area contributed by atoms with Crippen LogP contribution >= 0.6 is 0 Å². The molecular weight excluding hydrogens is 624 g/mol. The zero-order valence-corrected chi connectivity index (χ0v) is 26.6. The van der Waals surface area contributed by atoms with Gasteiger partial charge in [0.05, 0.1) is 30.3 Å². The normalized spacial score (nSPS) is 21.9. The summed E-state index contributed by atoms with van der Waals surface area (Å²) in [6, 6.07) is 22.4. The van der Waals surface area contributed by atoms with Gasteiger partial charge in [0.25, 0.3) is 0 Å². The number of urea groups is 1. The van der Waals surface area contributed by atoms with Gasteiger partial charge in [-0.3, -0.25) is 9.78 Å². The van der Waals surface area contributed by atoms with E-state index in [-0.39, 0.29) is 18.0 Å². The number of aliphatic hydroxyl groups is 2. The van der Waals surface area contributed by atoms with Gasteiger partial charge in [-0.1, -0.05) is 60.7 Å². The van der Waals surface area contributed by atoms with Crippen LogP contribution < -0.4 is 26.2 Å². The Labute approximate surface area is 282 Å². The average molecular weight is 663 g/mol. The van der Waals surface area contributed by atoms with Gasteiger partial charge in [-0.2, -0.15) is 9.97 Å². The van der Waals surface area contributed by atoms with Crippen LogP contribution in [0.15, 0.2) is 91.5 Å². The van der Waals surface area contributed by atoms with Gasteiger partial charge in [0, 0.05) is 37.8 Å². The number of aromatic nitrogens is 5. The highest BCUT2D eigenvalue weighted by Gasteiger charge is 2.43. The van der Waals surface area contributed by atoms with E-state index in [2.05, 4.69) is 55.5 Å². The van der Waals surface area contributed by atoms with Crippen LogP contribution in [-0.4, -0.2) is 91.1 Å². The molecule has 1 saturated carbocycles. The van der Waals surface area contributed by atoms with Crippen LogP contribution in [0.4, 0.5) is 22.2 Å². The first-order chi connectivity index (χ1) is 24.0. The smallest absolute Gasteiger partial charge is 0.319 e. The molecule has 0 bridgehead atoms. The summed E-state index contributed by atoms with van der Waals surface area (Å²) in [5, 5.41) is 33.7. The Morgan fingerprint density at radius 3 is 2.43 bits per heavy atom. The Balaban J connectivity index is 1.19. The Kier molecular flexibility index (Phi) is 9.30. The third kappa shape index (κ3) is 6.87. The van der Waals surface area contributed by atoms with Crippen molar-refractivity contribution in [2.45, 2.75) is 49.1 Å². The quantitative estimate of drug-likeness (QED) is 0.115. The highest BCUT2D eigenvalue weighted by Crippen LogP contribution is 2.35.